The smallest absolute Gasteiger partial charge is 0.294 e. The Hall–Kier alpha value is -2.29. The number of aryl methyl sites for hydroxylation is 1. The zero-order valence-corrected chi connectivity index (χ0v) is 15.6. The lowest BCUT2D eigenvalue weighted by Crippen LogP contribution is -2.36. The minimum Gasteiger partial charge on any atom is -0.336 e. The molecule has 27 heavy (non-hydrogen) atoms. The van der Waals surface area contributed by atoms with Crippen LogP contribution >= 0.6 is 0 Å². The number of benzene rings is 2. The molecule has 2 aromatic carbocycles. The number of hydrogen-bond donors (Lipinski definition) is 2. The number of halogens is 1. The third-order valence-corrected chi connectivity index (χ3v) is 5.77. The van der Waals surface area contributed by atoms with Crippen molar-refractivity contribution in [2.45, 2.75) is 23.8 Å². The Bertz CT molecular complexity index is 945. The van der Waals surface area contributed by atoms with Crippen LogP contribution in [0, 0.1) is 18.7 Å². The van der Waals surface area contributed by atoms with Crippen LogP contribution in [0.5, 0.6) is 0 Å². The average Bonchev–Trinajstić information content (AvgIpc) is 3.12. The SMILES string of the molecule is Cc1ccc(S(=O)(=O)O)cc1.NC12CC1CN(C(=O)c1ccc(F)cc1)C2. The van der Waals surface area contributed by atoms with Gasteiger partial charge in [-0.1, -0.05) is 17.7 Å². The van der Waals surface area contributed by atoms with Crippen molar-refractivity contribution in [2.75, 3.05) is 13.1 Å². The molecule has 2 atom stereocenters. The number of carbonyl (C=O) groups excluding carboxylic acids is 1. The number of nitrogens with zero attached hydrogens (tertiary/aromatic N) is 1. The standard InChI is InChI=1S/C12H13FN2O.C7H8O3S/c13-10-3-1-8(2-4-10)11(16)15-6-9-5-12(9,14)7-15;1-6-2-4-7(5-3-6)11(8,9)10/h1-4,9H,5-7,14H2;2-5H,1H3,(H,8,9,10). The van der Waals surface area contributed by atoms with E-state index in [-0.39, 0.29) is 22.2 Å². The lowest BCUT2D eigenvalue weighted by molar-refractivity contribution is 0.0772. The quantitative estimate of drug-likeness (QED) is 0.764. The molecule has 2 fully saturated rings. The third-order valence-electron chi connectivity index (χ3n) is 4.90. The molecule has 4 rings (SSSR count). The van der Waals surface area contributed by atoms with Crippen LogP contribution in [0.4, 0.5) is 4.39 Å². The summed E-state index contributed by atoms with van der Waals surface area (Å²) in [6.07, 6.45) is 1.03. The van der Waals surface area contributed by atoms with E-state index in [1.54, 1.807) is 17.0 Å². The molecule has 144 valence electrons. The van der Waals surface area contributed by atoms with Gasteiger partial charge in [0.2, 0.25) is 0 Å². The molecule has 8 heteroatoms. The summed E-state index contributed by atoms with van der Waals surface area (Å²) in [7, 11) is -4.02. The minimum absolute atomic E-state index is 0.0444. The fraction of sp³-hybridized carbons (Fsp3) is 0.316. The summed E-state index contributed by atoms with van der Waals surface area (Å²) < 4.78 is 42.3. The second-order valence-electron chi connectivity index (χ2n) is 7.11. The molecule has 1 saturated heterocycles. The maximum absolute atomic E-state index is 12.7. The lowest BCUT2D eigenvalue weighted by Gasteiger charge is -2.19. The summed E-state index contributed by atoms with van der Waals surface area (Å²) in [5, 5.41) is 0. The van der Waals surface area contributed by atoms with E-state index >= 15 is 0 Å². The zero-order valence-electron chi connectivity index (χ0n) is 14.8. The number of fused-ring (bicyclic) bond motifs is 1. The second-order valence-corrected chi connectivity index (χ2v) is 8.54. The van der Waals surface area contributed by atoms with Gasteiger partial charge < -0.3 is 10.6 Å². The molecule has 3 N–H and O–H groups in total. The Kier molecular flexibility index (Phi) is 5.07. The molecule has 0 radical (unpaired) electrons. The topological polar surface area (TPSA) is 101 Å². The van der Waals surface area contributed by atoms with Crippen molar-refractivity contribution in [3.8, 4) is 0 Å². The highest BCUT2D eigenvalue weighted by Gasteiger charge is 2.58. The monoisotopic (exact) mass is 392 g/mol. The molecule has 2 unspecified atom stereocenters. The van der Waals surface area contributed by atoms with Gasteiger partial charge in [0, 0.05) is 24.2 Å². The Balaban J connectivity index is 0.000000168. The predicted molar refractivity (Wildman–Crippen MR) is 98.3 cm³/mol. The van der Waals surface area contributed by atoms with E-state index in [9.17, 15) is 17.6 Å². The summed E-state index contributed by atoms with van der Waals surface area (Å²) in [5.74, 6) is 0.102. The normalized spacial score (nSPS) is 23.3. The number of rotatable bonds is 2. The lowest BCUT2D eigenvalue weighted by atomic mass is 10.2. The van der Waals surface area contributed by atoms with Crippen LogP contribution in [-0.2, 0) is 10.1 Å². The highest BCUT2D eigenvalue weighted by molar-refractivity contribution is 7.85. The molecule has 1 aliphatic carbocycles. The molecule has 6 nitrogen and oxygen atoms in total. The van der Waals surface area contributed by atoms with Gasteiger partial charge in [-0.25, -0.2) is 4.39 Å². The van der Waals surface area contributed by atoms with Crippen LogP contribution in [0.3, 0.4) is 0 Å². The van der Waals surface area contributed by atoms with E-state index in [0.717, 1.165) is 18.5 Å². The summed E-state index contributed by atoms with van der Waals surface area (Å²) in [5.41, 5.74) is 7.39. The van der Waals surface area contributed by atoms with Gasteiger partial charge in [0.1, 0.15) is 5.82 Å². The predicted octanol–water partition coefficient (Wildman–Crippen LogP) is 2.24. The van der Waals surface area contributed by atoms with Crippen LogP contribution in [0.2, 0.25) is 0 Å². The summed E-state index contributed by atoms with van der Waals surface area (Å²) >= 11 is 0. The highest BCUT2D eigenvalue weighted by atomic mass is 32.2. The minimum atomic E-state index is -4.02. The van der Waals surface area contributed by atoms with Crippen molar-refractivity contribution in [3.63, 3.8) is 0 Å². The number of likely N-dealkylation sites (tertiary alicyclic amines) is 1. The van der Waals surface area contributed by atoms with E-state index in [4.69, 9.17) is 10.3 Å². The molecule has 1 amide bonds. The number of amides is 1. The zero-order chi connectivity index (χ0) is 19.8. The van der Waals surface area contributed by atoms with Crippen LogP contribution in [0.25, 0.3) is 0 Å². The van der Waals surface area contributed by atoms with Crippen molar-refractivity contribution in [2.24, 2.45) is 11.7 Å². The fourth-order valence-electron chi connectivity index (χ4n) is 3.17. The summed E-state index contributed by atoms with van der Waals surface area (Å²) in [6, 6.07) is 11.6. The van der Waals surface area contributed by atoms with Gasteiger partial charge in [-0.3, -0.25) is 9.35 Å². The summed E-state index contributed by atoms with van der Waals surface area (Å²) in [6.45, 7) is 3.22. The van der Waals surface area contributed by atoms with Gasteiger partial charge in [0.15, 0.2) is 0 Å². The van der Waals surface area contributed by atoms with Gasteiger partial charge in [0.05, 0.1) is 4.90 Å². The first-order valence-corrected chi connectivity index (χ1v) is 9.90. The van der Waals surface area contributed by atoms with Gasteiger partial charge >= 0.3 is 0 Å². The molecule has 0 bridgehead atoms. The fourth-order valence-corrected chi connectivity index (χ4v) is 3.65. The maximum Gasteiger partial charge on any atom is 0.294 e. The van der Waals surface area contributed by atoms with Crippen molar-refractivity contribution >= 4 is 16.0 Å². The van der Waals surface area contributed by atoms with Crippen molar-refractivity contribution in [3.05, 3.63) is 65.5 Å². The number of carbonyl (C=O) groups is 1. The van der Waals surface area contributed by atoms with E-state index in [1.807, 2.05) is 6.92 Å². The van der Waals surface area contributed by atoms with Crippen LogP contribution in [0.1, 0.15) is 22.3 Å². The van der Waals surface area contributed by atoms with Gasteiger partial charge in [-0.2, -0.15) is 8.42 Å². The first kappa shape index (κ1) is 19.5. The van der Waals surface area contributed by atoms with E-state index in [1.165, 1.54) is 36.4 Å². The maximum atomic E-state index is 12.7. The third kappa shape index (κ3) is 4.52. The van der Waals surface area contributed by atoms with E-state index < -0.39 is 10.1 Å². The number of nitrogens with two attached hydrogens (primary N) is 1. The van der Waals surface area contributed by atoms with Gasteiger partial charge in [-0.15, -0.1) is 0 Å². The molecule has 1 saturated carbocycles. The number of piperidine rings is 1. The molecular weight excluding hydrogens is 371 g/mol. The number of hydrogen-bond acceptors (Lipinski definition) is 4. The first-order chi connectivity index (χ1) is 12.6. The van der Waals surface area contributed by atoms with Crippen molar-refractivity contribution in [1.82, 2.24) is 4.90 Å². The molecule has 1 heterocycles. The van der Waals surface area contributed by atoms with Crippen LogP contribution in [0.15, 0.2) is 53.4 Å². The van der Waals surface area contributed by atoms with Crippen LogP contribution < -0.4 is 5.73 Å². The Morgan fingerprint density at radius 1 is 1.19 bits per heavy atom. The first-order valence-electron chi connectivity index (χ1n) is 8.46. The Morgan fingerprint density at radius 2 is 1.78 bits per heavy atom. The van der Waals surface area contributed by atoms with Crippen LogP contribution in [-0.4, -0.2) is 42.4 Å². The van der Waals surface area contributed by atoms with Gasteiger partial charge in [0.25, 0.3) is 16.0 Å². The molecule has 0 spiro atoms. The molecule has 2 aromatic rings. The molecule has 1 aliphatic heterocycles. The van der Waals surface area contributed by atoms with Crippen molar-refractivity contribution in [1.29, 1.82) is 0 Å². The van der Waals surface area contributed by atoms with Crippen molar-refractivity contribution < 1.29 is 22.2 Å². The molecule has 2 aliphatic rings. The molecular formula is C19H21FN2O4S. The second kappa shape index (κ2) is 7.03. The Labute approximate surface area is 157 Å². The van der Waals surface area contributed by atoms with Gasteiger partial charge in [-0.05, 0) is 55.7 Å². The largest absolute Gasteiger partial charge is 0.336 e. The van der Waals surface area contributed by atoms with E-state index in [0.29, 0.717) is 18.0 Å². The average molecular weight is 392 g/mol. The summed E-state index contributed by atoms with van der Waals surface area (Å²) in [4.78, 5) is 13.7. The highest BCUT2D eigenvalue weighted by Crippen LogP contribution is 2.47. The van der Waals surface area contributed by atoms with E-state index in [2.05, 4.69) is 0 Å². The Morgan fingerprint density at radius 3 is 2.26 bits per heavy atom. The molecule has 0 aromatic heterocycles.